The molecule has 1 aliphatic heterocycles. The van der Waals surface area contributed by atoms with E-state index in [-0.39, 0.29) is 20.0 Å². The number of fused-ring (bicyclic) bond motifs is 1. The van der Waals surface area contributed by atoms with E-state index in [2.05, 4.69) is 10.6 Å². The molecule has 2 aliphatic rings. The van der Waals surface area contributed by atoms with Crippen LogP contribution in [0.25, 0.3) is 11.1 Å². The van der Waals surface area contributed by atoms with Crippen LogP contribution in [0.5, 0.6) is 11.5 Å². The van der Waals surface area contributed by atoms with Crippen molar-refractivity contribution in [3.05, 3.63) is 70.7 Å². The number of benzene rings is 3. The minimum absolute atomic E-state index is 0. The van der Waals surface area contributed by atoms with Gasteiger partial charge >= 0.3 is 0 Å². The molecule has 0 saturated heterocycles. The van der Waals surface area contributed by atoms with Crippen LogP contribution in [0.3, 0.4) is 0 Å². The number of carbonyl (C=O) groups is 2. The van der Waals surface area contributed by atoms with Crippen molar-refractivity contribution in [2.45, 2.75) is 32.1 Å². The average molecular weight is 465 g/mol. The second-order valence-corrected chi connectivity index (χ2v) is 8.92. The van der Waals surface area contributed by atoms with Gasteiger partial charge in [0.25, 0.3) is 0 Å². The van der Waals surface area contributed by atoms with Crippen LogP contribution in [0.1, 0.15) is 32.3 Å². The van der Waals surface area contributed by atoms with Crippen molar-refractivity contribution in [3.8, 4) is 22.6 Å². The maximum absolute atomic E-state index is 13.3. The SMILES string of the molecule is CC(=O)Nc1ccc(-c2cc(NC(=O)C3(c4ccc5c(c4)OCO5)CC3)ccc2C)c(Cl)c1.[HH]. The van der Waals surface area contributed by atoms with E-state index in [9.17, 15) is 9.59 Å². The molecule has 0 bridgehead atoms. The van der Waals surface area contributed by atoms with Gasteiger partial charge in [-0.05, 0) is 72.9 Å². The Morgan fingerprint density at radius 2 is 1.64 bits per heavy atom. The molecule has 0 radical (unpaired) electrons. The lowest BCUT2D eigenvalue weighted by Crippen LogP contribution is -2.27. The van der Waals surface area contributed by atoms with Gasteiger partial charge in [0.2, 0.25) is 18.6 Å². The normalized spacial score (nSPS) is 15.1. The molecule has 1 saturated carbocycles. The summed E-state index contributed by atoms with van der Waals surface area (Å²) in [6.45, 7) is 3.65. The molecule has 33 heavy (non-hydrogen) atoms. The zero-order valence-corrected chi connectivity index (χ0v) is 19.1. The first-order chi connectivity index (χ1) is 15.9. The van der Waals surface area contributed by atoms with Crippen LogP contribution < -0.4 is 20.1 Å². The molecule has 5 rings (SSSR count). The van der Waals surface area contributed by atoms with Crippen molar-refractivity contribution in [3.63, 3.8) is 0 Å². The van der Waals surface area contributed by atoms with Crippen LogP contribution in [0.2, 0.25) is 5.02 Å². The van der Waals surface area contributed by atoms with Gasteiger partial charge in [0, 0.05) is 25.3 Å². The number of nitrogens with one attached hydrogen (secondary N) is 2. The van der Waals surface area contributed by atoms with Crippen molar-refractivity contribution < 1.29 is 20.5 Å². The number of aryl methyl sites for hydroxylation is 1. The van der Waals surface area contributed by atoms with E-state index in [0.717, 1.165) is 35.1 Å². The molecule has 1 heterocycles. The Kier molecular flexibility index (Phi) is 5.25. The predicted octanol–water partition coefficient (Wildman–Crippen LogP) is 5.92. The summed E-state index contributed by atoms with van der Waals surface area (Å²) < 4.78 is 10.9. The van der Waals surface area contributed by atoms with Crippen molar-refractivity contribution in [1.29, 1.82) is 0 Å². The minimum Gasteiger partial charge on any atom is -0.454 e. The average Bonchev–Trinajstić information content (AvgIpc) is 3.46. The second kappa shape index (κ2) is 8.12. The van der Waals surface area contributed by atoms with Gasteiger partial charge in [-0.15, -0.1) is 0 Å². The Balaban J connectivity index is 0.00000274. The Morgan fingerprint density at radius 3 is 2.36 bits per heavy atom. The highest BCUT2D eigenvalue weighted by Crippen LogP contribution is 2.51. The number of halogens is 1. The lowest BCUT2D eigenvalue weighted by molar-refractivity contribution is -0.118. The molecular formula is C26H25ClN2O4. The zero-order chi connectivity index (χ0) is 23.2. The minimum atomic E-state index is -0.552. The monoisotopic (exact) mass is 464 g/mol. The van der Waals surface area contributed by atoms with E-state index in [4.69, 9.17) is 21.1 Å². The van der Waals surface area contributed by atoms with Gasteiger partial charge in [-0.1, -0.05) is 29.8 Å². The van der Waals surface area contributed by atoms with Crippen molar-refractivity contribution in [2.75, 3.05) is 17.4 Å². The van der Waals surface area contributed by atoms with Gasteiger partial charge < -0.3 is 20.1 Å². The molecule has 7 heteroatoms. The summed E-state index contributed by atoms with van der Waals surface area (Å²) in [6.07, 6.45) is 1.57. The fourth-order valence-electron chi connectivity index (χ4n) is 4.22. The number of amides is 2. The number of ether oxygens (including phenoxy) is 2. The van der Waals surface area contributed by atoms with Gasteiger partial charge in [0.05, 0.1) is 10.4 Å². The smallest absolute Gasteiger partial charge is 0.235 e. The number of rotatable bonds is 5. The number of hydrogen-bond acceptors (Lipinski definition) is 4. The van der Waals surface area contributed by atoms with E-state index >= 15 is 0 Å². The van der Waals surface area contributed by atoms with Crippen LogP contribution in [0, 0.1) is 6.92 Å². The zero-order valence-electron chi connectivity index (χ0n) is 18.3. The molecule has 1 fully saturated rings. The third-order valence-electron chi connectivity index (χ3n) is 6.18. The standard InChI is InChI=1S/C26H23ClN2O4.H2/c1-15-3-5-18(12-21(15)20-7-6-19(13-22(20)27)28-16(2)30)29-25(31)26(9-10-26)17-4-8-23-24(11-17)33-14-32-23;/h3-8,11-13H,9-10,14H2,1-2H3,(H,28,30)(H,29,31);1H. The highest BCUT2D eigenvalue weighted by Gasteiger charge is 2.51. The third-order valence-corrected chi connectivity index (χ3v) is 6.50. The van der Waals surface area contributed by atoms with Crippen LogP contribution in [0.4, 0.5) is 11.4 Å². The van der Waals surface area contributed by atoms with Crippen LogP contribution in [0.15, 0.2) is 54.6 Å². The first kappa shape index (κ1) is 21.3. The maximum Gasteiger partial charge on any atom is 0.235 e. The largest absolute Gasteiger partial charge is 0.454 e. The molecule has 2 N–H and O–H groups in total. The Hall–Kier alpha value is -3.51. The molecule has 1 aliphatic carbocycles. The highest BCUT2D eigenvalue weighted by molar-refractivity contribution is 6.33. The lowest BCUT2D eigenvalue weighted by atomic mass is 9.94. The van der Waals surface area contributed by atoms with E-state index < -0.39 is 5.41 Å². The molecule has 170 valence electrons. The van der Waals surface area contributed by atoms with Gasteiger partial charge in [0.15, 0.2) is 11.5 Å². The fourth-order valence-corrected chi connectivity index (χ4v) is 4.50. The van der Waals surface area contributed by atoms with E-state index in [1.807, 2.05) is 55.5 Å². The lowest BCUT2D eigenvalue weighted by Gasteiger charge is -2.18. The Morgan fingerprint density at radius 1 is 0.909 bits per heavy atom. The van der Waals surface area contributed by atoms with Crippen molar-refractivity contribution >= 4 is 34.8 Å². The van der Waals surface area contributed by atoms with Gasteiger partial charge in [-0.3, -0.25) is 9.59 Å². The first-order valence-corrected chi connectivity index (χ1v) is 11.1. The molecular weight excluding hydrogens is 440 g/mol. The molecule has 0 unspecified atom stereocenters. The third kappa shape index (κ3) is 4.02. The van der Waals surface area contributed by atoms with Crippen molar-refractivity contribution in [2.24, 2.45) is 0 Å². The van der Waals surface area contributed by atoms with Gasteiger partial charge in [-0.2, -0.15) is 0 Å². The molecule has 0 spiro atoms. The number of anilines is 2. The maximum atomic E-state index is 13.3. The van der Waals surface area contributed by atoms with Crippen LogP contribution in [-0.2, 0) is 15.0 Å². The molecule has 2 amide bonds. The summed E-state index contributed by atoms with van der Waals surface area (Å²) in [7, 11) is 0. The topological polar surface area (TPSA) is 76.7 Å². The van der Waals surface area contributed by atoms with E-state index in [0.29, 0.717) is 27.9 Å². The molecule has 0 aromatic heterocycles. The van der Waals surface area contributed by atoms with E-state index in [1.54, 1.807) is 6.07 Å². The van der Waals surface area contributed by atoms with Gasteiger partial charge in [0.1, 0.15) is 0 Å². The summed E-state index contributed by atoms with van der Waals surface area (Å²) in [5, 5.41) is 6.35. The predicted molar refractivity (Wildman–Crippen MR) is 130 cm³/mol. The molecule has 3 aromatic carbocycles. The molecule has 6 nitrogen and oxygen atoms in total. The summed E-state index contributed by atoms with van der Waals surface area (Å²) in [5.74, 6) is 1.19. The summed E-state index contributed by atoms with van der Waals surface area (Å²) in [5.41, 5.74) is 4.50. The Labute approximate surface area is 198 Å². The van der Waals surface area contributed by atoms with Crippen molar-refractivity contribution in [1.82, 2.24) is 0 Å². The fraction of sp³-hybridized carbons (Fsp3) is 0.231. The number of carbonyl (C=O) groups excluding carboxylic acids is 2. The van der Waals surface area contributed by atoms with Crippen LogP contribution in [-0.4, -0.2) is 18.6 Å². The highest BCUT2D eigenvalue weighted by atomic mass is 35.5. The number of hydrogen-bond donors (Lipinski definition) is 2. The van der Waals surface area contributed by atoms with Gasteiger partial charge in [-0.25, -0.2) is 0 Å². The second-order valence-electron chi connectivity index (χ2n) is 8.51. The quantitative estimate of drug-likeness (QED) is 0.491. The molecule has 3 aromatic rings. The van der Waals surface area contributed by atoms with E-state index in [1.165, 1.54) is 6.92 Å². The summed E-state index contributed by atoms with van der Waals surface area (Å²) in [6, 6.07) is 16.9. The Bertz CT molecular complexity index is 1290. The first-order valence-electron chi connectivity index (χ1n) is 10.8. The summed E-state index contributed by atoms with van der Waals surface area (Å²) >= 11 is 6.53. The summed E-state index contributed by atoms with van der Waals surface area (Å²) in [4.78, 5) is 24.6. The molecule has 0 atom stereocenters. The van der Waals surface area contributed by atoms with Crippen LogP contribution >= 0.6 is 11.6 Å².